The summed E-state index contributed by atoms with van der Waals surface area (Å²) < 4.78 is 0. The zero-order valence-electron chi connectivity index (χ0n) is 12.0. The molecule has 0 amide bonds. The van der Waals surface area contributed by atoms with E-state index in [2.05, 4.69) is 0 Å². The lowest BCUT2D eigenvalue weighted by atomic mass is 9.93. The smallest absolute Gasteiger partial charge is 0.331 e. The summed E-state index contributed by atoms with van der Waals surface area (Å²) in [4.78, 5) is 31.8. The van der Waals surface area contributed by atoms with Crippen LogP contribution in [0.1, 0.15) is 29.2 Å². The molecule has 8 nitrogen and oxygen atoms in total. The van der Waals surface area contributed by atoms with E-state index in [4.69, 9.17) is 5.11 Å². The highest BCUT2D eigenvalue weighted by Crippen LogP contribution is 2.38. The van der Waals surface area contributed by atoms with Crippen molar-refractivity contribution in [3.05, 3.63) is 48.1 Å². The third-order valence-corrected chi connectivity index (χ3v) is 3.29. The Morgan fingerprint density at radius 2 is 1.38 bits per heavy atom. The number of rotatable bonds is 4. The summed E-state index contributed by atoms with van der Waals surface area (Å²) in [5, 5.41) is 31.2. The molecule has 0 atom stereocenters. The van der Waals surface area contributed by atoms with E-state index in [0.717, 1.165) is 0 Å². The fourth-order valence-corrected chi connectivity index (χ4v) is 2.25. The summed E-state index contributed by atoms with van der Waals surface area (Å²) >= 11 is 0. The van der Waals surface area contributed by atoms with Gasteiger partial charge in [-0.25, -0.2) is 4.79 Å². The zero-order valence-corrected chi connectivity index (χ0v) is 12.0. The second kappa shape index (κ2) is 5.70. The molecule has 0 aliphatic carbocycles. The second-order valence-corrected chi connectivity index (χ2v) is 4.63. The van der Waals surface area contributed by atoms with Gasteiger partial charge >= 0.3 is 5.97 Å². The highest BCUT2D eigenvalue weighted by atomic mass is 16.6. The average Bonchev–Trinajstić information content (AvgIpc) is 2.32. The van der Waals surface area contributed by atoms with E-state index in [0.29, 0.717) is 0 Å². The Balaban J connectivity index is 3.89. The summed E-state index contributed by atoms with van der Waals surface area (Å²) in [6, 6.07) is 0. The fraction of sp³-hybridized carbons (Fsp3) is 0.308. The molecule has 1 rings (SSSR count). The fourth-order valence-electron chi connectivity index (χ4n) is 2.25. The molecular formula is C13H14N2O6. The summed E-state index contributed by atoms with van der Waals surface area (Å²) in [6.07, 6.45) is 1.21. The number of nitrogens with zero attached hydrogens (tertiary/aromatic N) is 2. The van der Waals surface area contributed by atoms with E-state index in [1.807, 2.05) is 0 Å². The number of carbonyl (C=O) groups is 1. The van der Waals surface area contributed by atoms with Crippen molar-refractivity contribution in [1.29, 1.82) is 0 Å². The summed E-state index contributed by atoms with van der Waals surface area (Å²) in [6.45, 7) is 5.53. The molecule has 0 aliphatic heterocycles. The maximum absolute atomic E-state index is 11.1. The van der Waals surface area contributed by atoms with Crippen molar-refractivity contribution in [3.8, 4) is 0 Å². The van der Waals surface area contributed by atoms with E-state index in [1.54, 1.807) is 0 Å². The zero-order chi connectivity index (χ0) is 16.5. The first kappa shape index (κ1) is 16.3. The van der Waals surface area contributed by atoms with Gasteiger partial charge in [0.25, 0.3) is 11.4 Å². The van der Waals surface area contributed by atoms with Gasteiger partial charge in [-0.1, -0.05) is 0 Å². The van der Waals surface area contributed by atoms with Crippen molar-refractivity contribution >= 4 is 23.4 Å². The van der Waals surface area contributed by atoms with Crippen LogP contribution in [0.3, 0.4) is 0 Å². The van der Waals surface area contributed by atoms with Crippen LogP contribution in [-0.2, 0) is 4.79 Å². The summed E-state index contributed by atoms with van der Waals surface area (Å²) in [7, 11) is 0. The van der Waals surface area contributed by atoms with E-state index in [9.17, 15) is 25.0 Å². The maximum atomic E-state index is 11.1. The van der Waals surface area contributed by atoms with Gasteiger partial charge in [-0.3, -0.25) is 20.2 Å². The molecule has 0 unspecified atom stereocenters. The first-order valence-corrected chi connectivity index (χ1v) is 5.93. The normalized spacial score (nSPS) is 11.3. The van der Waals surface area contributed by atoms with Gasteiger partial charge in [0.15, 0.2) is 0 Å². The Labute approximate surface area is 120 Å². The minimum Gasteiger partial charge on any atom is -0.478 e. The standard InChI is InChI=1S/C13H14N2O6/c1-6(13(16)17)5-10-7(2)11(14(18)19)9(4)12(8(10)3)15(20)21/h5H,1-4H3,(H,16,17). The minimum atomic E-state index is -1.19. The van der Waals surface area contributed by atoms with Gasteiger partial charge in [0, 0.05) is 16.7 Å². The molecule has 0 spiro atoms. The molecule has 0 saturated heterocycles. The predicted octanol–water partition coefficient (Wildman–Crippen LogP) is 2.92. The Bertz CT molecular complexity index is 649. The highest BCUT2D eigenvalue weighted by Gasteiger charge is 2.30. The van der Waals surface area contributed by atoms with Crippen LogP contribution in [-0.4, -0.2) is 20.9 Å². The van der Waals surface area contributed by atoms with Gasteiger partial charge in [-0.15, -0.1) is 0 Å². The van der Waals surface area contributed by atoms with Crippen LogP contribution in [0.25, 0.3) is 6.08 Å². The van der Waals surface area contributed by atoms with Crippen LogP contribution < -0.4 is 0 Å². The molecule has 0 radical (unpaired) electrons. The summed E-state index contributed by atoms with van der Waals surface area (Å²) in [5.41, 5.74) is -0.214. The lowest BCUT2D eigenvalue weighted by Gasteiger charge is -2.11. The van der Waals surface area contributed by atoms with Gasteiger partial charge in [-0.05, 0) is 39.3 Å². The molecule has 0 aliphatic rings. The van der Waals surface area contributed by atoms with Crippen molar-refractivity contribution in [3.63, 3.8) is 0 Å². The first-order valence-electron chi connectivity index (χ1n) is 5.93. The van der Waals surface area contributed by atoms with Crippen LogP contribution in [0.15, 0.2) is 5.57 Å². The van der Waals surface area contributed by atoms with Crippen LogP contribution in [0.5, 0.6) is 0 Å². The number of hydrogen-bond acceptors (Lipinski definition) is 5. The molecule has 0 bridgehead atoms. The van der Waals surface area contributed by atoms with Crippen LogP contribution in [0.4, 0.5) is 11.4 Å². The van der Waals surface area contributed by atoms with Gasteiger partial charge in [0.2, 0.25) is 0 Å². The van der Waals surface area contributed by atoms with E-state index < -0.39 is 15.8 Å². The third kappa shape index (κ3) is 2.88. The van der Waals surface area contributed by atoms with E-state index >= 15 is 0 Å². The molecule has 0 saturated carbocycles. The number of aliphatic carboxylic acids is 1. The minimum absolute atomic E-state index is 0.0369. The summed E-state index contributed by atoms with van der Waals surface area (Å²) in [5.74, 6) is -1.19. The lowest BCUT2D eigenvalue weighted by molar-refractivity contribution is -0.395. The molecule has 21 heavy (non-hydrogen) atoms. The quantitative estimate of drug-likeness (QED) is 0.517. The number of nitro benzene ring substituents is 2. The lowest BCUT2D eigenvalue weighted by Crippen LogP contribution is -2.06. The molecule has 0 heterocycles. The number of hydrogen-bond donors (Lipinski definition) is 1. The second-order valence-electron chi connectivity index (χ2n) is 4.63. The highest BCUT2D eigenvalue weighted by molar-refractivity contribution is 5.92. The Kier molecular flexibility index (Phi) is 4.42. The third-order valence-electron chi connectivity index (χ3n) is 3.29. The molecule has 0 aromatic heterocycles. The topological polar surface area (TPSA) is 124 Å². The molecular weight excluding hydrogens is 280 g/mol. The van der Waals surface area contributed by atoms with Gasteiger partial charge < -0.3 is 5.11 Å². The molecule has 112 valence electrons. The van der Waals surface area contributed by atoms with Crippen LogP contribution >= 0.6 is 0 Å². The number of carboxylic acids is 1. The number of nitro groups is 2. The van der Waals surface area contributed by atoms with Gasteiger partial charge in [0.05, 0.1) is 9.85 Å². The molecule has 8 heteroatoms. The van der Waals surface area contributed by atoms with Gasteiger partial charge in [0.1, 0.15) is 5.56 Å². The van der Waals surface area contributed by atoms with Crippen molar-refractivity contribution in [2.75, 3.05) is 0 Å². The molecule has 1 N–H and O–H groups in total. The van der Waals surface area contributed by atoms with E-state index in [1.165, 1.54) is 33.8 Å². The van der Waals surface area contributed by atoms with Crippen molar-refractivity contribution in [2.24, 2.45) is 0 Å². The largest absolute Gasteiger partial charge is 0.478 e. The SMILES string of the molecule is CC(=Cc1c(C)c([N+](=O)[O-])c(C)c([N+](=O)[O-])c1C)C(=O)O. The van der Waals surface area contributed by atoms with Crippen LogP contribution in [0.2, 0.25) is 0 Å². The predicted molar refractivity (Wildman–Crippen MR) is 75.2 cm³/mol. The number of benzene rings is 1. The average molecular weight is 294 g/mol. The van der Waals surface area contributed by atoms with Crippen LogP contribution in [0, 0.1) is 41.0 Å². The Hall–Kier alpha value is -2.77. The number of carboxylic acid groups (broad SMARTS) is 1. The maximum Gasteiger partial charge on any atom is 0.331 e. The first-order chi connectivity index (χ1) is 9.59. The monoisotopic (exact) mass is 294 g/mol. The van der Waals surface area contributed by atoms with Crippen molar-refractivity contribution in [2.45, 2.75) is 27.7 Å². The molecule has 1 aromatic carbocycles. The van der Waals surface area contributed by atoms with Crippen molar-refractivity contribution in [1.82, 2.24) is 0 Å². The van der Waals surface area contributed by atoms with Crippen molar-refractivity contribution < 1.29 is 19.7 Å². The Morgan fingerprint density at radius 3 is 1.67 bits per heavy atom. The van der Waals surface area contributed by atoms with E-state index in [-0.39, 0.29) is 39.2 Å². The Morgan fingerprint density at radius 1 is 1.00 bits per heavy atom. The molecule has 1 aromatic rings. The molecule has 0 fully saturated rings. The van der Waals surface area contributed by atoms with Gasteiger partial charge in [-0.2, -0.15) is 0 Å².